The number of carbonyl (C=O) groups excluding carboxylic acids is 1. The smallest absolute Gasteiger partial charge is 0.293 e. The summed E-state index contributed by atoms with van der Waals surface area (Å²) in [6, 6.07) is 7.27. The van der Waals surface area contributed by atoms with Crippen molar-refractivity contribution in [2.24, 2.45) is 0 Å². The molecule has 0 unspecified atom stereocenters. The van der Waals surface area contributed by atoms with E-state index in [9.17, 15) is 20.0 Å². The number of aliphatic hydroxyl groups is 1. The van der Waals surface area contributed by atoms with E-state index in [0.717, 1.165) is 11.1 Å². The highest BCUT2D eigenvalue weighted by Crippen LogP contribution is 2.24. The van der Waals surface area contributed by atoms with Crippen LogP contribution in [0.3, 0.4) is 0 Å². The molecule has 1 aliphatic rings. The van der Waals surface area contributed by atoms with E-state index < -0.39 is 23.6 Å². The van der Waals surface area contributed by atoms with Crippen molar-refractivity contribution in [1.82, 2.24) is 4.81 Å². The SMILES string of the molecule is O=C[B]N1Cc2ccccc2C[C@@H]1[C@@H](O)C[N+](=O)[O-]. The van der Waals surface area contributed by atoms with Crippen LogP contribution >= 0.6 is 0 Å². The summed E-state index contributed by atoms with van der Waals surface area (Å²) in [7, 11) is 1.34. The standard InChI is InChI=1S/C12H14BN2O4/c16-8-13-14-6-10-4-2-1-3-9(10)5-11(14)12(17)7-15(18)19/h1-4,8,11-12,17H,5-7H2/t11-,12+/m1/s1. The Balaban J connectivity index is 2.20. The monoisotopic (exact) mass is 261 g/mol. The van der Waals surface area contributed by atoms with Gasteiger partial charge in [0.25, 0.3) is 7.41 Å². The first-order valence-electron chi connectivity index (χ1n) is 6.03. The van der Waals surface area contributed by atoms with Gasteiger partial charge in [-0.1, -0.05) is 24.3 Å². The van der Waals surface area contributed by atoms with Crippen molar-refractivity contribution < 1.29 is 14.8 Å². The van der Waals surface area contributed by atoms with Crippen molar-refractivity contribution in [2.45, 2.75) is 25.1 Å². The third-order valence-electron chi connectivity index (χ3n) is 3.36. The maximum atomic E-state index is 10.7. The lowest BCUT2D eigenvalue weighted by atomic mass is 9.82. The molecule has 0 aliphatic carbocycles. The van der Waals surface area contributed by atoms with Gasteiger partial charge in [-0.2, -0.15) is 0 Å². The van der Waals surface area contributed by atoms with Gasteiger partial charge in [0.2, 0.25) is 6.54 Å². The van der Waals surface area contributed by atoms with Gasteiger partial charge in [0, 0.05) is 17.5 Å². The summed E-state index contributed by atoms with van der Waals surface area (Å²) in [5, 5.41) is 20.5. The lowest BCUT2D eigenvalue weighted by molar-refractivity contribution is -0.491. The van der Waals surface area contributed by atoms with E-state index in [-0.39, 0.29) is 0 Å². The third kappa shape index (κ3) is 3.18. The number of carbonyl (C=O) groups is 1. The van der Waals surface area contributed by atoms with Gasteiger partial charge in [-0.3, -0.25) is 10.1 Å². The normalized spacial score (nSPS) is 20.4. The molecule has 19 heavy (non-hydrogen) atoms. The second kappa shape index (κ2) is 5.94. The Labute approximate surface area is 111 Å². The molecule has 0 spiro atoms. The molecule has 7 heteroatoms. The quantitative estimate of drug-likeness (QED) is 0.345. The molecule has 2 atom stereocenters. The predicted octanol–water partition coefficient (Wildman–Crippen LogP) is -0.140. The van der Waals surface area contributed by atoms with Crippen molar-refractivity contribution in [2.75, 3.05) is 6.54 Å². The van der Waals surface area contributed by atoms with E-state index in [1.165, 1.54) is 7.41 Å². The Bertz CT molecular complexity index is 483. The van der Waals surface area contributed by atoms with Gasteiger partial charge in [0.15, 0.2) is 0 Å². The zero-order valence-corrected chi connectivity index (χ0v) is 10.3. The second-order valence-corrected chi connectivity index (χ2v) is 4.58. The summed E-state index contributed by atoms with van der Waals surface area (Å²) >= 11 is 0. The van der Waals surface area contributed by atoms with Crippen LogP contribution < -0.4 is 0 Å². The first-order chi connectivity index (χ1) is 9.11. The Morgan fingerprint density at radius 3 is 2.84 bits per heavy atom. The van der Waals surface area contributed by atoms with Crippen LogP contribution in [-0.2, 0) is 17.8 Å². The first kappa shape index (κ1) is 13.7. The molecular formula is C12H14BN2O4. The van der Waals surface area contributed by atoms with Gasteiger partial charge in [0.1, 0.15) is 6.10 Å². The third-order valence-corrected chi connectivity index (χ3v) is 3.36. The second-order valence-electron chi connectivity index (χ2n) is 4.58. The number of hydrogen-bond acceptors (Lipinski definition) is 5. The first-order valence-corrected chi connectivity index (χ1v) is 6.03. The lowest BCUT2D eigenvalue weighted by Gasteiger charge is -2.37. The maximum Gasteiger partial charge on any atom is 0.293 e. The van der Waals surface area contributed by atoms with Crippen molar-refractivity contribution in [3.63, 3.8) is 0 Å². The summed E-state index contributed by atoms with van der Waals surface area (Å²) in [5.74, 6) is 0. The minimum atomic E-state index is -1.10. The van der Waals surface area contributed by atoms with Gasteiger partial charge in [-0.15, -0.1) is 0 Å². The number of fused-ring (bicyclic) bond motifs is 1. The van der Waals surface area contributed by atoms with Crippen LogP contribution in [-0.4, -0.2) is 47.1 Å². The zero-order chi connectivity index (χ0) is 13.8. The number of nitrogens with zero attached hydrogens (tertiary/aromatic N) is 2. The Hall–Kier alpha value is -1.73. The number of nitro groups is 1. The highest BCUT2D eigenvalue weighted by atomic mass is 16.6. The van der Waals surface area contributed by atoms with E-state index in [1.807, 2.05) is 24.3 Å². The average molecular weight is 261 g/mol. The fourth-order valence-electron chi connectivity index (χ4n) is 2.44. The minimum Gasteiger partial charge on any atom is -0.385 e. The van der Waals surface area contributed by atoms with E-state index in [0.29, 0.717) is 19.2 Å². The Morgan fingerprint density at radius 2 is 2.21 bits per heavy atom. The van der Waals surface area contributed by atoms with Gasteiger partial charge in [-0.05, 0) is 17.5 Å². The Morgan fingerprint density at radius 1 is 1.53 bits per heavy atom. The van der Waals surface area contributed by atoms with Gasteiger partial charge in [0.05, 0.1) is 6.19 Å². The minimum absolute atomic E-state index is 0.439. The van der Waals surface area contributed by atoms with Gasteiger partial charge >= 0.3 is 0 Å². The summed E-state index contributed by atoms with van der Waals surface area (Å²) in [6.45, 7) is -0.0373. The largest absolute Gasteiger partial charge is 0.385 e. The molecule has 0 fully saturated rings. The molecule has 0 saturated carbocycles. The number of aliphatic hydroxyl groups excluding tert-OH is 1. The Kier molecular flexibility index (Phi) is 4.29. The molecule has 2 rings (SSSR count). The van der Waals surface area contributed by atoms with E-state index in [2.05, 4.69) is 0 Å². The average Bonchev–Trinajstić information content (AvgIpc) is 2.37. The van der Waals surface area contributed by atoms with Crippen molar-refractivity contribution in [3.8, 4) is 0 Å². The molecule has 0 bridgehead atoms. The molecule has 0 amide bonds. The van der Waals surface area contributed by atoms with E-state index in [1.54, 1.807) is 4.81 Å². The van der Waals surface area contributed by atoms with Crippen molar-refractivity contribution in [3.05, 3.63) is 45.5 Å². The van der Waals surface area contributed by atoms with Crippen LogP contribution in [0.4, 0.5) is 0 Å². The highest BCUT2D eigenvalue weighted by Gasteiger charge is 2.33. The molecule has 1 radical (unpaired) electrons. The topological polar surface area (TPSA) is 83.7 Å². The summed E-state index contributed by atoms with van der Waals surface area (Å²) < 4.78 is 0. The fourth-order valence-corrected chi connectivity index (χ4v) is 2.44. The van der Waals surface area contributed by atoms with E-state index >= 15 is 0 Å². The number of benzene rings is 1. The molecule has 6 nitrogen and oxygen atoms in total. The highest BCUT2D eigenvalue weighted by molar-refractivity contribution is 6.64. The van der Waals surface area contributed by atoms with Crippen LogP contribution in [0.5, 0.6) is 0 Å². The molecule has 1 aromatic rings. The van der Waals surface area contributed by atoms with Crippen LogP contribution in [0.2, 0.25) is 0 Å². The summed E-state index contributed by atoms with van der Waals surface area (Å²) in [4.78, 5) is 22.3. The molecule has 1 aliphatic heterocycles. The fraction of sp³-hybridized carbons (Fsp3) is 0.417. The molecule has 1 heterocycles. The molecule has 1 aromatic carbocycles. The van der Waals surface area contributed by atoms with Crippen LogP contribution in [0.1, 0.15) is 11.1 Å². The van der Waals surface area contributed by atoms with E-state index in [4.69, 9.17) is 0 Å². The van der Waals surface area contributed by atoms with Crippen molar-refractivity contribution >= 4 is 13.6 Å². The van der Waals surface area contributed by atoms with Crippen LogP contribution in [0.25, 0.3) is 0 Å². The lowest BCUT2D eigenvalue weighted by Crippen LogP contribution is -2.51. The molecule has 1 N–H and O–H groups in total. The summed E-state index contributed by atoms with van der Waals surface area (Å²) in [6.07, 6.45) is 0.0366. The molecule has 0 saturated heterocycles. The zero-order valence-electron chi connectivity index (χ0n) is 10.3. The molecule has 0 aromatic heterocycles. The maximum absolute atomic E-state index is 10.7. The van der Waals surface area contributed by atoms with Gasteiger partial charge < -0.3 is 14.7 Å². The molecule has 99 valence electrons. The summed E-state index contributed by atoms with van der Waals surface area (Å²) in [5.41, 5.74) is 2.13. The molecular weight excluding hydrogens is 247 g/mol. The predicted molar refractivity (Wildman–Crippen MR) is 69.8 cm³/mol. The van der Waals surface area contributed by atoms with Crippen LogP contribution in [0.15, 0.2) is 24.3 Å². The number of rotatable bonds is 5. The van der Waals surface area contributed by atoms with Crippen LogP contribution in [0, 0.1) is 10.1 Å². The van der Waals surface area contributed by atoms with Crippen molar-refractivity contribution in [1.29, 1.82) is 0 Å². The van der Waals surface area contributed by atoms with Gasteiger partial charge in [-0.25, -0.2) is 0 Å². The number of hydrogen-bond donors (Lipinski definition) is 1.